The number of hydrogen-bond donors (Lipinski definition) is 3. The second-order valence-corrected chi connectivity index (χ2v) is 11.5. The van der Waals surface area contributed by atoms with Gasteiger partial charge in [0.1, 0.15) is 17.6 Å². The molecule has 1 aliphatic heterocycles. The van der Waals surface area contributed by atoms with E-state index in [-0.39, 0.29) is 43.3 Å². The minimum absolute atomic E-state index is 0.0816. The summed E-state index contributed by atoms with van der Waals surface area (Å²) >= 11 is 0. The van der Waals surface area contributed by atoms with Gasteiger partial charge in [-0.15, -0.1) is 0 Å². The third-order valence-electron chi connectivity index (χ3n) is 7.26. The van der Waals surface area contributed by atoms with E-state index in [0.29, 0.717) is 30.8 Å². The molecule has 2 aromatic carbocycles. The van der Waals surface area contributed by atoms with Crippen molar-refractivity contribution in [2.24, 2.45) is 5.41 Å². The van der Waals surface area contributed by atoms with Gasteiger partial charge in [-0.2, -0.15) is 0 Å². The average Bonchev–Trinajstić information content (AvgIpc) is 3.42. The number of halogens is 1. The summed E-state index contributed by atoms with van der Waals surface area (Å²) in [4.78, 5) is 55.9. The van der Waals surface area contributed by atoms with Crippen LogP contribution in [0.15, 0.2) is 48.5 Å². The van der Waals surface area contributed by atoms with Crippen molar-refractivity contribution in [3.05, 3.63) is 59.9 Å². The summed E-state index contributed by atoms with van der Waals surface area (Å²) in [6.07, 6.45) is 1.77. The summed E-state index contributed by atoms with van der Waals surface area (Å²) in [5.41, 5.74) is 0.698. The Kier molecular flexibility index (Phi) is 11.4. The first-order valence-corrected chi connectivity index (χ1v) is 14.2. The fourth-order valence-electron chi connectivity index (χ4n) is 4.95. The standard InChI is InChI=1S/C31H42FN5O5/c1-31(2,3)27(35-26(38)19-33-4)29(40)37-17-6-7-24(37)20-36(18-16-21-8-10-22(32)11-9-21)30(41)28(39)34-23-12-14-25(42-5)15-13-23/h8-15,24,27,33H,6-7,16-20H2,1-5H3,(H,34,39)(H,35,38). The number of nitrogens with zero attached hydrogens (tertiary/aromatic N) is 2. The molecule has 0 bridgehead atoms. The van der Waals surface area contributed by atoms with Crippen LogP contribution in [0.25, 0.3) is 0 Å². The quantitative estimate of drug-likeness (QED) is 0.350. The first-order chi connectivity index (χ1) is 19.9. The number of carbonyl (C=O) groups excluding carboxylic acids is 4. The lowest BCUT2D eigenvalue weighted by Crippen LogP contribution is -2.58. The second kappa shape index (κ2) is 14.8. The van der Waals surface area contributed by atoms with Crippen molar-refractivity contribution in [1.29, 1.82) is 0 Å². The number of nitrogens with one attached hydrogen (secondary N) is 3. The average molecular weight is 584 g/mol. The maximum absolute atomic E-state index is 13.8. The highest BCUT2D eigenvalue weighted by atomic mass is 19.1. The number of ether oxygens (including phenoxy) is 1. The van der Waals surface area contributed by atoms with Crippen molar-refractivity contribution < 1.29 is 28.3 Å². The van der Waals surface area contributed by atoms with Crippen molar-refractivity contribution in [3.63, 3.8) is 0 Å². The zero-order valence-electron chi connectivity index (χ0n) is 25.0. The molecule has 1 saturated heterocycles. The zero-order chi connectivity index (χ0) is 30.9. The highest BCUT2D eigenvalue weighted by Gasteiger charge is 2.40. The Hall–Kier alpha value is -3.99. The molecule has 3 N–H and O–H groups in total. The molecule has 2 unspecified atom stereocenters. The van der Waals surface area contributed by atoms with Gasteiger partial charge in [-0.3, -0.25) is 19.2 Å². The van der Waals surface area contributed by atoms with Crippen LogP contribution in [-0.2, 0) is 25.6 Å². The summed E-state index contributed by atoms with van der Waals surface area (Å²) in [6.45, 7) is 6.57. The Morgan fingerprint density at radius 2 is 1.74 bits per heavy atom. The van der Waals surface area contributed by atoms with Gasteiger partial charge >= 0.3 is 11.8 Å². The number of anilines is 1. The highest BCUT2D eigenvalue weighted by molar-refractivity contribution is 6.39. The van der Waals surface area contributed by atoms with Crippen LogP contribution < -0.4 is 20.7 Å². The van der Waals surface area contributed by atoms with Crippen molar-refractivity contribution in [2.45, 2.75) is 52.1 Å². The molecule has 10 nitrogen and oxygen atoms in total. The van der Waals surface area contributed by atoms with Crippen LogP contribution in [-0.4, -0.2) is 85.8 Å². The molecule has 1 fully saturated rings. The van der Waals surface area contributed by atoms with E-state index in [2.05, 4.69) is 16.0 Å². The van der Waals surface area contributed by atoms with E-state index in [4.69, 9.17) is 4.74 Å². The SMILES string of the molecule is CNCC(=O)NC(C(=O)N1CCCC1CN(CCc1ccc(F)cc1)C(=O)C(=O)Nc1ccc(OC)cc1)C(C)(C)C. The highest BCUT2D eigenvalue weighted by Crippen LogP contribution is 2.26. The Morgan fingerprint density at radius 1 is 1.07 bits per heavy atom. The Labute approximate surface area is 247 Å². The molecule has 3 rings (SSSR count). The third-order valence-corrected chi connectivity index (χ3v) is 7.26. The molecule has 1 aliphatic rings. The Morgan fingerprint density at radius 3 is 2.33 bits per heavy atom. The van der Waals surface area contributed by atoms with E-state index < -0.39 is 23.3 Å². The normalized spacial score (nSPS) is 15.6. The Balaban J connectivity index is 1.79. The first kappa shape index (κ1) is 32.5. The monoisotopic (exact) mass is 583 g/mol. The van der Waals surface area contributed by atoms with Gasteiger partial charge in [0.25, 0.3) is 0 Å². The minimum atomic E-state index is -0.804. The van der Waals surface area contributed by atoms with Crippen molar-refractivity contribution >= 4 is 29.3 Å². The third kappa shape index (κ3) is 9.01. The summed E-state index contributed by atoms with van der Waals surface area (Å²) in [6, 6.07) is 11.5. The largest absolute Gasteiger partial charge is 0.497 e. The molecule has 11 heteroatoms. The number of hydrogen-bond acceptors (Lipinski definition) is 6. The van der Waals surface area contributed by atoms with Crippen LogP contribution in [0.5, 0.6) is 5.75 Å². The predicted molar refractivity (Wildman–Crippen MR) is 158 cm³/mol. The molecule has 1 heterocycles. The van der Waals surface area contributed by atoms with Crippen LogP contribution in [0.3, 0.4) is 0 Å². The van der Waals surface area contributed by atoms with Gasteiger partial charge in [-0.25, -0.2) is 4.39 Å². The molecule has 0 saturated carbocycles. The van der Waals surface area contributed by atoms with E-state index in [1.54, 1.807) is 48.3 Å². The Bertz CT molecular complexity index is 1230. The van der Waals surface area contributed by atoms with Crippen molar-refractivity contribution in [2.75, 3.05) is 45.7 Å². The number of likely N-dealkylation sites (tertiary alicyclic amines) is 1. The molecule has 0 aromatic heterocycles. The number of benzene rings is 2. The van der Waals surface area contributed by atoms with E-state index in [1.807, 2.05) is 20.8 Å². The molecule has 228 valence electrons. The number of likely N-dealkylation sites (N-methyl/N-ethyl adjacent to an activating group) is 1. The van der Waals surface area contributed by atoms with E-state index in [0.717, 1.165) is 12.0 Å². The lowest BCUT2D eigenvalue weighted by molar-refractivity contribution is -0.145. The van der Waals surface area contributed by atoms with E-state index in [1.165, 1.54) is 24.1 Å². The van der Waals surface area contributed by atoms with Gasteiger partial charge in [0.15, 0.2) is 0 Å². The van der Waals surface area contributed by atoms with Gasteiger partial charge in [-0.05, 0) is 73.7 Å². The van der Waals surface area contributed by atoms with Gasteiger partial charge in [0.2, 0.25) is 11.8 Å². The van der Waals surface area contributed by atoms with Crippen LogP contribution in [0.4, 0.5) is 10.1 Å². The zero-order valence-corrected chi connectivity index (χ0v) is 25.0. The molecule has 0 aliphatic carbocycles. The van der Waals surface area contributed by atoms with Crippen LogP contribution in [0.2, 0.25) is 0 Å². The molecule has 2 atom stereocenters. The molecular weight excluding hydrogens is 541 g/mol. The van der Waals surface area contributed by atoms with E-state index in [9.17, 15) is 23.6 Å². The predicted octanol–water partition coefficient (Wildman–Crippen LogP) is 2.59. The topological polar surface area (TPSA) is 120 Å². The van der Waals surface area contributed by atoms with E-state index >= 15 is 0 Å². The fraction of sp³-hybridized carbons (Fsp3) is 0.484. The summed E-state index contributed by atoms with van der Waals surface area (Å²) in [5.74, 6) is -1.79. The van der Waals surface area contributed by atoms with Crippen molar-refractivity contribution in [1.82, 2.24) is 20.4 Å². The van der Waals surface area contributed by atoms with Crippen LogP contribution in [0.1, 0.15) is 39.2 Å². The maximum atomic E-state index is 13.8. The number of carbonyl (C=O) groups is 4. The molecular formula is C31H42FN5O5. The van der Waals surface area contributed by atoms with Crippen LogP contribution in [0, 0.1) is 11.2 Å². The molecule has 4 amide bonds. The lowest BCUT2D eigenvalue weighted by Gasteiger charge is -2.37. The summed E-state index contributed by atoms with van der Waals surface area (Å²) in [7, 11) is 3.19. The van der Waals surface area contributed by atoms with Crippen molar-refractivity contribution in [3.8, 4) is 5.75 Å². The molecule has 42 heavy (non-hydrogen) atoms. The second-order valence-electron chi connectivity index (χ2n) is 11.5. The minimum Gasteiger partial charge on any atom is -0.497 e. The fourth-order valence-corrected chi connectivity index (χ4v) is 4.95. The smallest absolute Gasteiger partial charge is 0.313 e. The molecule has 0 spiro atoms. The van der Waals surface area contributed by atoms with Gasteiger partial charge < -0.3 is 30.5 Å². The number of rotatable bonds is 11. The summed E-state index contributed by atoms with van der Waals surface area (Å²) < 4.78 is 18.6. The van der Waals surface area contributed by atoms with Gasteiger partial charge in [-0.1, -0.05) is 32.9 Å². The van der Waals surface area contributed by atoms with Crippen LogP contribution >= 0.6 is 0 Å². The maximum Gasteiger partial charge on any atom is 0.313 e. The number of amides is 4. The number of methoxy groups -OCH3 is 1. The molecule has 0 radical (unpaired) electrons. The lowest BCUT2D eigenvalue weighted by atomic mass is 9.85. The van der Waals surface area contributed by atoms with Gasteiger partial charge in [0, 0.05) is 31.4 Å². The first-order valence-electron chi connectivity index (χ1n) is 14.2. The molecule has 2 aromatic rings. The van der Waals surface area contributed by atoms with Gasteiger partial charge in [0.05, 0.1) is 13.7 Å². The summed E-state index contributed by atoms with van der Waals surface area (Å²) in [5, 5.41) is 8.30.